The van der Waals surface area contributed by atoms with E-state index in [1.807, 2.05) is 7.05 Å². The van der Waals surface area contributed by atoms with Gasteiger partial charge in [0.05, 0.1) is 18.8 Å². The monoisotopic (exact) mass is 508 g/mol. The van der Waals surface area contributed by atoms with E-state index in [-0.39, 0.29) is 24.0 Å². The normalized spacial score (nSPS) is 28.1. The van der Waals surface area contributed by atoms with Crippen LogP contribution in [0.2, 0.25) is 0 Å². The van der Waals surface area contributed by atoms with Gasteiger partial charge in [-0.05, 0) is 57.4 Å². The van der Waals surface area contributed by atoms with Crippen LogP contribution in [0.25, 0.3) is 0 Å². The zero-order chi connectivity index (χ0) is 18.9. The Kier molecular flexibility index (Phi) is 11.4. The summed E-state index contributed by atoms with van der Waals surface area (Å²) in [6, 6.07) is 0. The van der Waals surface area contributed by atoms with Crippen molar-refractivity contribution in [2.45, 2.75) is 64.1 Å². The van der Waals surface area contributed by atoms with Gasteiger partial charge in [0.25, 0.3) is 0 Å². The summed E-state index contributed by atoms with van der Waals surface area (Å²) in [7, 11) is 1.90. The Hall–Kier alpha value is -0.120. The Labute approximate surface area is 188 Å². The highest BCUT2D eigenvalue weighted by atomic mass is 127. The molecule has 6 nitrogen and oxygen atoms in total. The Balaban J connectivity index is 0.00000280. The Morgan fingerprint density at radius 3 is 2.61 bits per heavy atom. The highest BCUT2D eigenvalue weighted by Crippen LogP contribution is 2.18. The van der Waals surface area contributed by atoms with Gasteiger partial charge < -0.3 is 24.6 Å². The Morgan fingerprint density at radius 1 is 1.11 bits per heavy atom. The molecule has 3 rings (SSSR count). The number of likely N-dealkylation sites (tertiary alicyclic amines) is 2. The lowest BCUT2D eigenvalue weighted by molar-refractivity contribution is -0.0721. The van der Waals surface area contributed by atoms with Crippen LogP contribution in [0.1, 0.15) is 51.9 Å². The first-order valence-electron chi connectivity index (χ1n) is 11.2. The van der Waals surface area contributed by atoms with Gasteiger partial charge in [0, 0.05) is 46.4 Å². The highest BCUT2D eigenvalue weighted by Gasteiger charge is 2.24. The molecule has 0 aromatic rings. The highest BCUT2D eigenvalue weighted by molar-refractivity contribution is 14.0. The van der Waals surface area contributed by atoms with E-state index >= 15 is 0 Å². The molecule has 0 bridgehead atoms. The summed E-state index contributed by atoms with van der Waals surface area (Å²) in [5.74, 6) is 1.89. The van der Waals surface area contributed by atoms with Gasteiger partial charge in [-0.1, -0.05) is 6.92 Å². The fourth-order valence-electron chi connectivity index (χ4n) is 4.56. The van der Waals surface area contributed by atoms with Gasteiger partial charge in [0.1, 0.15) is 0 Å². The van der Waals surface area contributed by atoms with Crippen molar-refractivity contribution in [3.8, 4) is 0 Å². The molecule has 3 saturated heterocycles. The summed E-state index contributed by atoms with van der Waals surface area (Å²) in [5, 5.41) is 3.57. The molecule has 0 amide bonds. The van der Waals surface area contributed by atoms with Crippen LogP contribution in [0.4, 0.5) is 0 Å². The first-order valence-corrected chi connectivity index (χ1v) is 11.2. The van der Waals surface area contributed by atoms with Crippen LogP contribution >= 0.6 is 24.0 Å². The van der Waals surface area contributed by atoms with Gasteiger partial charge in [0.15, 0.2) is 5.96 Å². The lowest BCUT2D eigenvalue weighted by Crippen LogP contribution is -2.49. The predicted molar refractivity (Wildman–Crippen MR) is 126 cm³/mol. The van der Waals surface area contributed by atoms with Crippen LogP contribution in [0.3, 0.4) is 0 Å². The fourth-order valence-corrected chi connectivity index (χ4v) is 4.56. The Morgan fingerprint density at radius 2 is 1.93 bits per heavy atom. The number of ether oxygens (including phenoxy) is 2. The molecule has 0 aromatic heterocycles. The summed E-state index contributed by atoms with van der Waals surface area (Å²) in [4.78, 5) is 9.48. The number of hydrogen-bond acceptors (Lipinski definition) is 4. The predicted octanol–water partition coefficient (Wildman–Crippen LogP) is 2.96. The topological polar surface area (TPSA) is 49.3 Å². The minimum Gasteiger partial charge on any atom is -0.376 e. The van der Waals surface area contributed by atoms with E-state index in [1.54, 1.807) is 0 Å². The molecular weight excluding hydrogens is 467 g/mol. The molecule has 2 atom stereocenters. The van der Waals surface area contributed by atoms with Gasteiger partial charge >= 0.3 is 0 Å². The maximum atomic E-state index is 6.14. The second kappa shape index (κ2) is 13.2. The van der Waals surface area contributed by atoms with Crippen LogP contribution < -0.4 is 5.32 Å². The Bertz CT molecular complexity index is 452. The van der Waals surface area contributed by atoms with E-state index in [1.165, 1.54) is 38.8 Å². The summed E-state index contributed by atoms with van der Waals surface area (Å²) in [6.07, 6.45) is 9.23. The molecule has 1 N–H and O–H groups in total. The van der Waals surface area contributed by atoms with Crippen LogP contribution in [-0.2, 0) is 9.47 Å². The molecule has 0 saturated carbocycles. The van der Waals surface area contributed by atoms with Crippen LogP contribution in [-0.4, -0.2) is 87.5 Å². The zero-order valence-electron chi connectivity index (χ0n) is 17.9. The van der Waals surface area contributed by atoms with E-state index in [2.05, 4.69) is 27.0 Å². The van der Waals surface area contributed by atoms with Crippen molar-refractivity contribution in [2.24, 2.45) is 10.9 Å². The van der Waals surface area contributed by atoms with Crippen molar-refractivity contribution in [3.05, 3.63) is 0 Å². The molecule has 28 heavy (non-hydrogen) atoms. The minimum absolute atomic E-state index is 0. The quantitative estimate of drug-likeness (QED) is 0.340. The van der Waals surface area contributed by atoms with Gasteiger partial charge in [-0.25, -0.2) is 0 Å². The molecule has 2 unspecified atom stereocenters. The van der Waals surface area contributed by atoms with Crippen LogP contribution in [0.15, 0.2) is 4.99 Å². The van der Waals surface area contributed by atoms with E-state index in [0.717, 1.165) is 70.5 Å². The van der Waals surface area contributed by atoms with Crippen LogP contribution in [0, 0.1) is 5.92 Å². The van der Waals surface area contributed by atoms with E-state index < -0.39 is 0 Å². The second-order valence-electron chi connectivity index (χ2n) is 8.53. The van der Waals surface area contributed by atoms with Crippen molar-refractivity contribution in [3.63, 3.8) is 0 Å². The van der Waals surface area contributed by atoms with Crippen molar-refractivity contribution in [1.29, 1.82) is 0 Å². The van der Waals surface area contributed by atoms with Crippen molar-refractivity contribution >= 4 is 29.9 Å². The number of halogens is 1. The molecule has 0 aromatic carbocycles. The molecule has 3 fully saturated rings. The summed E-state index contributed by atoms with van der Waals surface area (Å²) >= 11 is 0. The van der Waals surface area contributed by atoms with Gasteiger partial charge in [-0.15, -0.1) is 24.0 Å². The zero-order valence-corrected chi connectivity index (χ0v) is 20.2. The first kappa shape index (κ1) is 24.2. The van der Waals surface area contributed by atoms with E-state index in [4.69, 9.17) is 9.47 Å². The molecule has 0 aliphatic carbocycles. The SMILES string of the molecule is CN=C(NCCN1CCCC(C)C1)N1CCC(OCC2CCCCO2)CC1.I. The van der Waals surface area contributed by atoms with Gasteiger partial charge in [0.2, 0.25) is 0 Å². The third kappa shape index (κ3) is 7.95. The summed E-state index contributed by atoms with van der Waals surface area (Å²) in [5.41, 5.74) is 0. The summed E-state index contributed by atoms with van der Waals surface area (Å²) in [6.45, 7) is 10.7. The maximum Gasteiger partial charge on any atom is 0.193 e. The number of guanidine groups is 1. The maximum absolute atomic E-state index is 6.14. The third-order valence-corrected chi connectivity index (χ3v) is 6.20. The van der Waals surface area contributed by atoms with E-state index in [9.17, 15) is 0 Å². The average Bonchev–Trinajstić information content (AvgIpc) is 2.71. The molecule has 0 radical (unpaired) electrons. The van der Waals surface area contributed by atoms with E-state index in [0.29, 0.717) is 12.2 Å². The number of nitrogens with one attached hydrogen (secondary N) is 1. The average molecular weight is 508 g/mol. The first-order chi connectivity index (χ1) is 13.2. The third-order valence-electron chi connectivity index (χ3n) is 6.20. The molecule has 3 heterocycles. The number of rotatable bonds is 6. The molecule has 3 aliphatic heterocycles. The smallest absolute Gasteiger partial charge is 0.193 e. The fraction of sp³-hybridized carbons (Fsp3) is 0.952. The number of hydrogen-bond donors (Lipinski definition) is 1. The van der Waals surface area contributed by atoms with Crippen molar-refractivity contribution < 1.29 is 9.47 Å². The molecule has 7 heteroatoms. The second-order valence-corrected chi connectivity index (χ2v) is 8.53. The van der Waals surface area contributed by atoms with Gasteiger partial charge in [-0.2, -0.15) is 0 Å². The lowest BCUT2D eigenvalue weighted by Gasteiger charge is -2.35. The number of piperidine rings is 2. The molecule has 164 valence electrons. The molecular formula is C21H41IN4O2. The lowest BCUT2D eigenvalue weighted by atomic mass is 10.0. The standard InChI is InChI=1S/C21H40N4O2.HI/c1-18-6-5-11-24(16-18)14-10-23-21(22-2)25-12-8-19(9-13-25)27-17-20-7-3-4-15-26-20;/h18-20H,3-17H2,1-2H3,(H,22,23);1H. The number of nitrogens with zero attached hydrogens (tertiary/aromatic N) is 3. The summed E-state index contributed by atoms with van der Waals surface area (Å²) < 4.78 is 11.9. The van der Waals surface area contributed by atoms with Crippen molar-refractivity contribution in [1.82, 2.24) is 15.1 Å². The largest absolute Gasteiger partial charge is 0.376 e. The molecule has 3 aliphatic rings. The minimum atomic E-state index is 0. The molecule has 0 spiro atoms. The van der Waals surface area contributed by atoms with Crippen molar-refractivity contribution in [2.75, 3.05) is 59.5 Å². The van der Waals surface area contributed by atoms with Gasteiger partial charge in [-0.3, -0.25) is 4.99 Å². The number of aliphatic imine (C=N–C) groups is 1. The van der Waals surface area contributed by atoms with Crippen LogP contribution in [0.5, 0.6) is 0 Å².